The lowest BCUT2D eigenvalue weighted by Crippen LogP contribution is -2.12. The number of hydrogen-bond donors (Lipinski definition) is 1. The van der Waals surface area contributed by atoms with Crippen molar-refractivity contribution in [1.82, 2.24) is 5.32 Å². The van der Waals surface area contributed by atoms with E-state index in [1.807, 2.05) is 37.3 Å². The van der Waals surface area contributed by atoms with Gasteiger partial charge in [0.1, 0.15) is 5.82 Å². The third-order valence-corrected chi connectivity index (χ3v) is 4.46. The molecule has 0 saturated heterocycles. The van der Waals surface area contributed by atoms with Crippen molar-refractivity contribution in [1.29, 1.82) is 0 Å². The molecule has 0 atom stereocenters. The highest BCUT2D eigenvalue weighted by Crippen LogP contribution is 2.29. The van der Waals surface area contributed by atoms with E-state index in [-0.39, 0.29) is 5.82 Å². The molecule has 106 valence electrons. The molecule has 0 spiro atoms. The molecule has 1 N–H and O–H groups in total. The molecule has 0 unspecified atom stereocenters. The van der Waals surface area contributed by atoms with Gasteiger partial charge in [-0.25, -0.2) is 4.39 Å². The predicted molar refractivity (Wildman–Crippen MR) is 84.8 cm³/mol. The fourth-order valence-electron chi connectivity index (χ4n) is 1.86. The summed E-state index contributed by atoms with van der Waals surface area (Å²) in [7, 11) is 0. The third-order valence-electron chi connectivity index (χ3n) is 2.93. The Bertz CT molecular complexity index is 574. The highest BCUT2D eigenvalue weighted by Gasteiger charge is 2.06. The molecular formula is C16H17ClFNS. The van der Waals surface area contributed by atoms with Crippen molar-refractivity contribution in [2.75, 3.05) is 6.54 Å². The van der Waals surface area contributed by atoms with Crippen molar-refractivity contribution in [2.24, 2.45) is 0 Å². The van der Waals surface area contributed by atoms with Gasteiger partial charge in [-0.15, -0.1) is 11.8 Å². The number of thioether (sulfide) groups is 1. The summed E-state index contributed by atoms with van der Waals surface area (Å²) < 4.78 is 13.3. The average molecular weight is 310 g/mol. The van der Waals surface area contributed by atoms with Crippen LogP contribution in [0, 0.1) is 5.82 Å². The molecule has 0 heterocycles. The van der Waals surface area contributed by atoms with Crippen LogP contribution in [0.5, 0.6) is 0 Å². The van der Waals surface area contributed by atoms with Crippen LogP contribution < -0.4 is 5.32 Å². The second-order valence-electron chi connectivity index (χ2n) is 4.41. The Morgan fingerprint density at radius 2 is 1.95 bits per heavy atom. The van der Waals surface area contributed by atoms with E-state index in [0.717, 1.165) is 33.3 Å². The van der Waals surface area contributed by atoms with Crippen LogP contribution in [0.4, 0.5) is 4.39 Å². The molecule has 0 aromatic heterocycles. The highest BCUT2D eigenvalue weighted by atomic mass is 35.5. The van der Waals surface area contributed by atoms with E-state index in [4.69, 9.17) is 11.6 Å². The maximum atomic E-state index is 13.3. The molecule has 1 nitrogen and oxygen atoms in total. The molecule has 0 bridgehead atoms. The van der Waals surface area contributed by atoms with E-state index < -0.39 is 0 Å². The first-order chi connectivity index (χ1) is 9.70. The fraction of sp³-hybridized carbons (Fsp3) is 0.250. The number of nitrogens with one attached hydrogen (secondary N) is 1. The van der Waals surface area contributed by atoms with Gasteiger partial charge in [-0.2, -0.15) is 0 Å². The van der Waals surface area contributed by atoms with E-state index >= 15 is 0 Å². The summed E-state index contributed by atoms with van der Waals surface area (Å²) in [6.45, 7) is 3.58. The molecule has 0 radical (unpaired) electrons. The van der Waals surface area contributed by atoms with E-state index in [1.165, 1.54) is 6.07 Å². The molecular weight excluding hydrogens is 293 g/mol. The smallest absolute Gasteiger partial charge is 0.123 e. The predicted octanol–water partition coefficient (Wildman–Crippen LogP) is 4.88. The van der Waals surface area contributed by atoms with Crippen molar-refractivity contribution in [2.45, 2.75) is 24.1 Å². The zero-order valence-electron chi connectivity index (χ0n) is 11.3. The lowest BCUT2D eigenvalue weighted by Gasteiger charge is -2.10. The van der Waals surface area contributed by atoms with Crippen LogP contribution in [0.1, 0.15) is 18.1 Å². The summed E-state index contributed by atoms with van der Waals surface area (Å²) >= 11 is 7.84. The molecule has 2 rings (SSSR count). The molecule has 20 heavy (non-hydrogen) atoms. The Kier molecular flexibility index (Phi) is 5.89. The van der Waals surface area contributed by atoms with Crippen LogP contribution in [0.25, 0.3) is 0 Å². The Balaban J connectivity index is 2.10. The minimum Gasteiger partial charge on any atom is -0.313 e. The molecule has 0 aliphatic heterocycles. The van der Waals surface area contributed by atoms with E-state index in [2.05, 4.69) is 5.32 Å². The van der Waals surface area contributed by atoms with Gasteiger partial charge in [-0.1, -0.05) is 36.7 Å². The second-order valence-corrected chi connectivity index (χ2v) is 5.84. The Hall–Kier alpha value is -1.03. The maximum Gasteiger partial charge on any atom is 0.123 e. The van der Waals surface area contributed by atoms with Crippen molar-refractivity contribution in [3.05, 3.63) is 64.4 Å². The van der Waals surface area contributed by atoms with E-state index in [1.54, 1.807) is 17.8 Å². The minimum absolute atomic E-state index is 0.194. The summed E-state index contributed by atoms with van der Waals surface area (Å²) in [6, 6.07) is 12.7. The summed E-state index contributed by atoms with van der Waals surface area (Å²) in [4.78, 5) is 1.09. The average Bonchev–Trinajstić information content (AvgIpc) is 2.45. The lowest BCUT2D eigenvalue weighted by molar-refractivity contribution is 0.619. The summed E-state index contributed by atoms with van der Waals surface area (Å²) in [6.07, 6.45) is 0. The molecule has 2 aromatic rings. The minimum atomic E-state index is -0.194. The number of rotatable bonds is 6. The lowest BCUT2D eigenvalue weighted by atomic mass is 10.2. The highest BCUT2D eigenvalue weighted by molar-refractivity contribution is 7.98. The molecule has 4 heteroatoms. The number of hydrogen-bond acceptors (Lipinski definition) is 2. The van der Waals surface area contributed by atoms with Gasteiger partial charge in [0.2, 0.25) is 0 Å². The largest absolute Gasteiger partial charge is 0.313 e. The van der Waals surface area contributed by atoms with E-state index in [9.17, 15) is 4.39 Å². The first-order valence-electron chi connectivity index (χ1n) is 6.56. The van der Waals surface area contributed by atoms with Crippen molar-refractivity contribution in [3.8, 4) is 0 Å². The van der Waals surface area contributed by atoms with Gasteiger partial charge in [0.15, 0.2) is 0 Å². The standard InChI is InChI=1S/C16H17ClFNS/c1-2-19-10-13-9-14(18)7-8-16(13)20-11-12-5-3-4-6-15(12)17/h3-9,19H,2,10-11H2,1H3. The van der Waals surface area contributed by atoms with Gasteiger partial charge in [0, 0.05) is 22.2 Å². The zero-order chi connectivity index (χ0) is 14.4. The van der Waals surface area contributed by atoms with Crippen molar-refractivity contribution >= 4 is 23.4 Å². The van der Waals surface area contributed by atoms with Crippen LogP contribution in [0.2, 0.25) is 5.02 Å². The first kappa shape index (κ1) is 15.4. The van der Waals surface area contributed by atoms with Gasteiger partial charge in [0.05, 0.1) is 0 Å². The van der Waals surface area contributed by atoms with Crippen molar-refractivity contribution in [3.63, 3.8) is 0 Å². The van der Waals surface area contributed by atoms with Gasteiger partial charge in [-0.05, 0) is 41.9 Å². The van der Waals surface area contributed by atoms with Gasteiger partial charge < -0.3 is 5.32 Å². The maximum absolute atomic E-state index is 13.3. The molecule has 2 aromatic carbocycles. The Labute approximate surface area is 128 Å². The number of benzene rings is 2. The zero-order valence-corrected chi connectivity index (χ0v) is 12.9. The molecule has 0 aliphatic carbocycles. The van der Waals surface area contributed by atoms with Crippen molar-refractivity contribution < 1.29 is 4.39 Å². The molecule has 0 saturated carbocycles. The normalized spacial score (nSPS) is 10.8. The monoisotopic (exact) mass is 309 g/mol. The Morgan fingerprint density at radius 3 is 2.70 bits per heavy atom. The van der Waals surface area contributed by atoms with Crippen LogP contribution in [0.3, 0.4) is 0 Å². The second kappa shape index (κ2) is 7.67. The first-order valence-corrected chi connectivity index (χ1v) is 7.92. The molecule has 0 aliphatic rings. The Morgan fingerprint density at radius 1 is 1.15 bits per heavy atom. The van der Waals surface area contributed by atoms with Crippen LogP contribution in [-0.4, -0.2) is 6.54 Å². The summed E-state index contributed by atoms with van der Waals surface area (Å²) in [5.74, 6) is 0.588. The van der Waals surface area contributed by atoms with Gasteiger partial charge >= 0.3 is 0 Å². The topological polar surface area (TPSA) is 12.0 Å². The summed E-state index contributed by atoms with van der Waals surface area (Å²) in [5.41, 5.74) is 2.08. The fourth-order valence-corrected chi connectivity index (χ4v) is 3.18. The number of halogens is 2. The van der Waals surface area contributed by atoms with E-state index in [0.29, 0.717) is 6.54 Å². The van der Waals surface area contributed by atoms with Crippen LogP contribution in [-0.2, 0) is 12.3 Å². The molecule has 0 amide bonds. The SMILES string of the molecule is CCNCc1cc(F)ccc1SCc1ccccc1Cl. The third kappa shape index (κ3) is 4.23. The van der Waals surface area contributed by atoms with Gasteiger partial charge in [-0.3, -0.25) is 0 Å². The molecule has 0 fully saturated rings. The quantitative estimate of drug-likeness (QED) is 0.763. The van der Waals surface area contributed by atoms with Crippen LogP contribution in [0.15, 0.2) is 47.4 Å². The summed E-state index contributed by atoms with van der Waals surface area (Å²) in [5, 5.41) is 4.01. The van der Waals surface area contributed by atoms with Crippen LogP contribution >= 0.6 is 23.4 Å². The van der Waals surface area contributed by atoms with Gasteiger partial charge in [0.25, 0.3) is 0 Å².